The lowest BCUT2D eigenvalue weighted by molar-refractivity contribution is 0.819. The zero-order chi connectivity index (χ0) is 12.5. The summed E-state index contributed by atoms with van der Waals surface area (Å²) in [5, 5.41) is 5.37. The smallest absolute Gasteiger partial charge is 0.0864 e. The third-order valence-corrected chi connectivity index (χ3v) is 3.62. The van der Waals surface area contributed by atoms with Gasteiger partial charge in [-0.05, 0) is 43.5 Å². The van der Waals surface area contributed by atoms with Crippen molar-refractivity contribution in [2.24, 2.45) is 5.73 Å². The molecule has 2 aromatic rings. The van der Waals surface area contributed by atoms with E-state index in [-0.39, 0.29) is 0 Å². The monoisotopic (exact) mass is 261 g/mol. The van der Waals surface area contributed by atoms with E-state index in [1.54, 1.807) is 0 Å². The number of para-hydroxylation sites is 1. The molecule has 1 aromatic carbocycles. The molecule has 1 fully saturated rings. The van der Waals surface area contributed by atoms with Crippen LogP contribution < -0.4 is 5.73 Å². The summed E-state index contributed by atoms with van der Waals surface area (Å²) in [5.74, 6) is 0.659. The zero-order valence-electron chi connectivity index (χ0n) is 10.1. The zero-order valence-corrected chi connectivity index (χ0v) is 10.9. The van der Waals surface area contributed by atoms with Gasteiger partial charge in [0.25, 0.3) is 0 Å². The molecule has 2 N–H and O–H groups in total. The SMILES string of the molecule is NCCc1cccc(Cl)c1-n1ccc(C2CC2)n1. The first-order valence-corrected chi connectivity index (χ1v) is 6.71. The largest absolute Gasteiger partial charge is 0.330 e. The summed E-state index contributed by atoms with van der Waals surface area (Å²) in [6.45, 7) is 0.615. The Bertz CT molecular complexity index is 558. The molecule has 1 aromatic heterocycles. The Kier molecular flexibility index (Phi) is 3.10. The first kappa shape index (κ1) is 11.8. The lowest BCUT2D eigenvalue weighted by atomic mass is 10.1. The van der Waals surface area contributed by atoms with Crippen LogP contribution in [-0.2, 0) is 6.42 Å². The molecule has 1 heterocycles. The molecule has 1 aliphatic rings. The summed E-state index contributed by atoms with van der Waals surface area (Å²) in [6, 6.07) is 8.01. The third kappa shape index (κ3) is 2.16. The summed E-state index contributed by atoms with van der Waals surface area (Å²) in [5.41, 5.74) is 8.94. The molecule has 0 saturated heterocycles. The summed E-state index contributed by atoms with van der Waals surface area (Å²) in [4.78, 5) is 0. The average molecular weight is 262 g/mol. The van der Waals surface area contributed by atoms with E-state index in [9.17, 15) is 0 Å². The van der Waals surface area contributed by atoms with Crippen molar-refractivity contribution in [3.05, 3.63) is 46.7 Å². The molecular weight excluding hydrogens is 246 g/mol. The van der Waals surface area contributed by atoms with Crippen molar-refractivity contribution in [3.8, 4) is 5.69 Å². The number of benzene rings is 1. The molecule has 0 atom stereocenters. The minimum absolute atomic E-state index is 0.615. The van der Waals surface area contributed by atoms with Crippen LogP contribution in [0.1, 0.15) is 30.0 Å². The molecule has 1 saturated carbocycles. The van der Waals surface area contributed by atoms with Crippen LogP contribution in [0.3, 0.4) is 0 Å². The van der Waals surface area contributed by atoms with Crippen molar-refractivity contribution in [1.29, 1.82) is 0 Å². The highest BCUT2D eigenvalue weighted by Gasteiger charge is 2.26. The van der Waals surface area contributed by atoms with E-state index in [1.165, 1.54) is 18.5 Å². The summed E-state index contributed by atoms with van der Waals surface area (Å²) in [7, 11) is 0. The Morgan fingerprint density at radius 3 is 2.89 bits per heavy atom. The second kappa shape index (κ2) is 4.75. The quantitative estimate of drug-likeness (QED) is 0.920. The van der Waals surface area contributed by atoms with Crippen LogP contribution in [0.15, 0.2) is 30.5 Å². The molecule has 0 aliphatic heterocycles. The maximum Gasteiger partial charge on any atom is 0.0864 e. The van der Waals surface area contributed by atoms with Crippen molar-refractivity contribution in [2.45, 2.75) is 25.2 Å². The number of aromatic nitrogens is 2. The van der Waals surface area contributed by atoms with Gasteiger partial charge in [0.15, 0.2) is 0 Å². The lowest BCUT2D eigenvalue weighted by Crippen LogP contribution is -2.08. The normalized spacial score (nSPS) is 15.0. The minimum atomic E-state index is 0.615. The van der Waals surface area contributed by atoms with E-state index in [2.05, 4.69) is 17.2 Å². The lowest BCUT2D eigenvalue weighted by Gasteiger charge is -2.10. The average Bonchev–Trinajstić information content (AvgIpc) is 3.10. The van der Waals surface area contributed by atoms with Crippen molar-refractivity contribution in [2.75, 3.05) is 6.54 Å². The molecule has 1 aliphatic carbocycles. The Morgan fingerprint density at radius 1 is 1.33 bits per heavy atom. The fourth-order valence-electron chi connectivity index (χ4n) is 2.23. The van der Waals surface area contributed by atoms with Gasteiger partial charge in [0, 0.05) is 12.1 Å². The molecule has 0 bridgehead atoms. The molecule has 94 valence electrons. The van der Waals surface area contributed by atoms with Crippen molar-refractivity contribution in [3.63, 3.8) is 0 Å². The fraction of sp³-hybridized carbons (Fsp3) is 0.357. The molecule has 4 heteroatoms. The predicted molar refractivity (Wildman–Crippen MR) is 73.3 cm³/mol. The van der Waals surface area contributed by atoms with Gasteiger partial charge in [-0.3, -0.25) is 0 Å². The van der Waals surface area contributed by atoms with Crippen molar-refractivity contribution in [1.82, 2.24) is 9.78 Å². The van der Waals surface area contributed by atoms with Gasteiger partial charge in [0.2, 0.25) is 0 Å². The van der Waals surface area contributed by atoms with Crippen LogP contribution in [-0.4, -0.2) is 16.3 Å². The first-order chi connectivity index (χ1) is 8.79. The van der Waals surface area contributed by atoms with Crippen LogP contribution in [0.25, 0.3) is 5.69 Å². The molecule has 3 rings (SSSR count). The van der Waals surface area contributed by atoms with Crippen LogP contribution >= 0.6 is 11.6 Å². The summed E-state index contributed by atoms with van der Waals surface area (Å²) >= 11 is 6.30. The van der Waals surface area contributed by atoms with Crippen molar-refractivity contribution < 1.29 is 0 Å². The Morgan fingerprint density at radius 2 is 2.17 bits per heavy atom. The van der Waals surface area contributed by atoms with Crippen molar-refractivity contribution >= 4 is 11.6 Å². The van der Waals surface area contributed by atoms with E-state index < -0.39 is 0 Å². The first-order valence-electron chi connectivity index (χ1n) is 6.33. The summed E-state index contributed by atoms with van der Waals surface area (Å²) in [6.07, 6.45) is 5.33. The second-order valence-electron chi connectivity index (χ2n) is 4.75. The third-order valence-electron chi connectivity index (χ3n) is 3.32. The van der Waals surface area contributed by atoms with E-state index in [0.29, 0.717) is 12.5 Å². The number of nitrogens with two attached hydrogens (primary N) is 1. The Hall–Kier alpha value is -1.32. The summed E-state index contributed by atoms with van der Waals surface area (Å²) < 4.78 is 1.89. The molecule has 0 radical (unpaired) electrons. The maximum absolute atomic E-state index is 6.30. The second-order valence-corrected chi connectivity index (χ2v) is 5.15. The van der Waals surface area contributed by atoms with Crippen LogP contribution in [0, 0.1) is 0 Å². The fourth-order valence-corrected chi connectivity index (χ4v) is 2.51. The van der Waals surface area contributed by atoms with Gasteiger partial charge in [-0.2, -0.15) is 5.10 Å². The van der Waals surface area contributed by atoms with Crippen LogP contribution in [0.2, 0.25) is 5.02 Å². The molecule has 3 nitrogen and oxygen atoms in total. The van der Waals surface area contributed by atoms with Gasteiger partial charge in [-0.15, -0.1) is 0 Å². The van der Waals surface area contributed by atoms with Gasteiger partial charge in [0.05, 0.1) is 16.4 Å². The Balaban J connectivity index is 2.02. The molecule has 0 spiro atoms. The number of hydrogen-bond acceptors (Lipinski definition) is 2. The molecule has 18 heavy (non-hydrogen) atoms. The highest BCUT2D eigenvalue weighted by molar-refractivity contribution is 6.32. The standard InChI is InChI=1S/C14H16ClN3/c15-12-3-1-2-11(6-8-16)14(12)18-9-7-13(17-18)10-4-5-10/h1-3,7,9-10H,4-6,8,16H2. The highest BCUT2D eigenvalue weighted by atomic mass is 35.5. The van der Waals surface area contributed by atoms with Crippen LogP contribution in [0.4, 0.5) is 0 Å². The molecular formula is C14H16ClN3. The van der Waals surface area contributed by atoms with E-state index in [0.717, 1.165) is 22.7 Å². The van der Waals surface area contributed by atoms with E-state index >= 15 is 0 Å². The van der Waals surface area contributed by atoms with Gasteiger partial charge < -0.3 is 5.73 Å². The maximum atomic E-state index is 6.30. The Labute approximate surface area is 112 Å². The van der Waals surface area contributed by atoms with Gasteiger partial charge in [-0.25, -0.2) is 4.68 Å². The number of nitrogens with zero attached hydrogens (tertiary/aromatic N) is 2. The highest BCUT2D eigenvalue weighted by Crippen LogP contribution is 2.39. The van der Waals surface area contributed by atoms with E-state index in [4.69, 9.17) is 17.3 Å². The molecule has 0 amide bonds. The van der Waals surface area contributed by atoms with Crippen LogP contribution in [0.5, 0.6) is 0 Å². The van der Waals surface area contributed by atoms with Gasteiger partial charge >= 0.3 is 0 Å². The van der Waals surface area contributed by atoms with Gasteiger partial charge in [-0.1, -0.05) is 23.7 Å². The topological polar surface area (TPSA) is 43.8 Å². The minimum Gasteiger partial charge on any atom is -0.330 e. The van der Waals surface area contributed by atoms with E-state index in [1.807, 2.05) is 23.0 Å². The number of hydrogen-bond donors (Lipinski definition) is 1. The number of rotatable bonds is 4. The predicted octanol–water partition coefficient (Wildman–Crippen LogP) is 2.90. The van der Waals surface area contributed by atoms with Gasteiger partial charge in [0.1, 0.15) is 0 Å². The molecule has 0 unspecified atom stereocenters. The number of halogens is 1.